The molecule has 0 aliphatic heterocycles. The average Bonchev–Trinajstić information content (AvgIpc) is 3.53. The van der Waals surface area contributed by atoms with Gasteiger partial charge in [0.25, 0.3) is 0 Å². The molecule has 6 aromatic carbocycles. The maximum absolute atomic E-state index is 6.27. The second kappa shape index (κ2) is 8.64. The molecule has 2 aromatic heterocycles. The number of nitrogens with zero attached hydrogens (tertiary/aromatic N) is 2. The highest BCUT2D eigenvalue weighted by molar-refractivity contribution is 6.11. The van der Waals surface area contributed by atoms with Crippen molar-refractivity contribution in [3.63, 3.8) is 0 Å². The van der Waals surface area contributed by atoms with Crippen LogP contribution in [0, 0.1) is 0 Å². The van der Waals surface area contributed by atoms with E-state index in [0.29, 0.717) is 0 Å². The van der Waals surface area contributed by atoms with E-state index in [-0.39, 0.29) is 0 Å². The molecule has 0 amide bonds. The minimum absolute atomic E-state index is 0.883. The highest BCUT2D eigenvalue weighted by Gasteiger charge is 2.18. The van der Waals surface area contributed by atoms with Crippen molar-refractivity contribution in [3.8, 4) is 5.69 Å². The first-order valence-corrected chi connectivity index (χ1v) is 13.2. The van der Waals surface area contributed by atoms with Gasteiger partial charge in [0.1, 0.15) is 11.2 Å². The monoisotopic (exact) mass is 500 g/mol. The van der Waals surface area contributed by atoms with Crippen molar-refractivity contribution < 1.29 is 4.42 Å². The van der Waals surface area contributed by atoms with Crippen LogP contribution in [0.3, 0.4) is 0 Å². The van der Waals surface area contributed by atoms with Gasteiger partial charge in [-0.3, -0.25) is 0 Å². The first-order valence-electron chi connectivity index (χ1n) is 13.2. The predicted octanol–water partition coefficient (Wildman–Crippen LogP) is 10.2. The van der Waals surface area contributed by atoms with E-state index in [1.54, 1.807) is 0 Å². The van der Waals surface area contributed by atoms with E-state index in [1.807, 2.05) is 12.1 Å². The zero-order valence-corrected chi connectivity index (χ0v) is 21.2. The smallest absolute Gasteiger partial charge is 0.137 e. The summed E-state index contributed by atoms with van der Waals surface area (Å²) in [5, 5.41) is 4.75. The van der Waals surface area contributed by atoms with Gasteiger partial charge in [0.05, 0.1) is 11.0 Å². The molecule has 3 nitrogen and oxygen atoms in total. The third-order valence-corrected chi connectivity index (χ3v) is 7.56. The standard InChI is InChI=1S/C36H24N2O/c1-3-11-25(12-4-1)37(28-20-22-32-31-16-8-10-18-35(31)39-36(32)24-28)27-19-21-30-29-15-7-9-17-33(29)38(34(30)23-27)26-13-5-2-6-14-26/h1-24H. The third-order valence-electron chi connectivity index (χ3n) is 7.56. The molecule has 0 bridgehead atoms. The topological polar surface area (TPSA) is 21.3 Å². The van der Waals surface area contributed by atoms with Crippen molar-refractivity contribution in [2.75, 3.05) is 4.90 Å². The Morgan fingerprint density at radius 1 is 0.410 bits per heavy atom. The third kappa shape index (κ3) is 3.44. The van der Waals surface area contributed by atoms with E-state index < -0.39 is 0 Å². The zero-order chi connectivity index (χ0) is 25.8. The summed E-state index contributed by atoms with van der Waals surface area (Å²) < 4.78 is 8.63. The lowest BCUT2D eigenvalue weighted by atomic mass is 10.1. The molecule has 0 unspecified atom stereocenters. The molecule has 0 aliphatic carbocycles. The van der Waals surface area contributed by atoms with E-state index in [0.717, 1.165) is 44.7 Å². The number of aromatic nitrogens is 1. The second-order valence-corrected chi connectivity index (χ2v) is 9.84. The van der Waals surface area contributed by atoms with Crippen LogP contribution in [-0.2, 0) is 0 Å². The lowest BCUT2D eigenvalue weighted by Gasteiger charge is -2.25. The number of hydrogen-bond acceptors (Lipinski definition) is 2. The van der Waals surface area contributed by atoms with Crippen molar-refractivity contribution in [1.82, 2.24) is 4.57 Å². The fraction of sp³-hybridized carbons (Fsp3) is 0. The molecule has 0 atom stereocenters. The van der Waals surface area contributed by atoms with Gasteiger partial charge in [0.2, 0.25) is 0 Å². The Labute approximate surface area is 225 Å². The summed E-state index contributed by atoms with van der Waals surface area (Å²) >= 11 is 0. The fourth-order valence-electron chi connectivity index (χ4n) is 5.83. The Kier molecular flexibility index (Phi) is 4.82. The molecule has 8 aromatic rings. The Balaban J connectivity index is 1.38. The number of fused-ring (bicyclic) bond motifs is 6. The van der Waals surface area contributed by atoms with E-state index in [2.05, 4.69) is 143 Å². The van der Waals surface area contributed by atoms with Crippen LogP contribution in [0.2, 0.25) is 0 Å². The minimum Gasteiger partial charge on any atom is -0.456 e. The number of furan rings is 1. The highest BCUT2D eigenvalue weighted by Crippen LogP contribution is 2.41. The molecule has 0 radical (unpaired) electrons. The first-order chi connectivity index (χ1) is 19.3. The molecular formula is C36H24N2O. The number of benzene rings is 6. The SMILES string of the molecule is c1ccc(N(c2ccc3c(c2)oc2ccccc23)c2ccc3c4ccccc4n(-c4ccccc4)c3c2)cc1. The van der Waals surface area contributed by atoms with Gasteiger partial charge in [-0.25, -0.2) is 0 Å². The Bertz CT molecular complexity index is 2120. The van der Waals surface area contributed by atoms with E-state index in [1.165, 1.54) is 21.8 Å². The molecule has 39 heavy (non-hydrogen) atoms. The van der Waals surface area contributed by atoms with Crippen LogP contribution < -0.4 is 4.90 Å². The Morgan fingerprint density at radius 2 is 1.00 bits per heavy atom. The van der Waals surface area contributed by atoms with Gasteiger partial charge < -0.3 is 13.9 Å². The van der Waals surface area contributed by atoms with E-state index in [9.17, 15) is 0 Å². The highest BCUT2D eigenvalue weighted by atomic mass is 16.3. The summed E-state index contributed by atoms with van der Waals surface area (Å²) in [6.07, 6.45) is 0. The van der Waals surface area contributed by atoms with Crippen molar-refractivity contribution in [3.05, 3.63) is 146 Å². The van der Waals surface area contributed by atoms with E-state index in [4.69, 9.17) is 4.42 Å². The van der Waals surface area contributed by atoms with Crippen LogP contribution in [0.4, 0.5) is 17.1 Å². The molecule has 0 fully saturated rings. The summed E-state index contributed by atoms with van der Waals surface area (Å²) in [6.45, 7) is 0. The number of rotatable bonds is 4. The van der Waals surface area contributed by atoms with Crippen molar-refractivity contribution in [2.45, 2.75) is 0 Å². The average molecular weight is 501 g/mol. The lowest BCUT2D eigenvalue weighted by molar-refractivity contribution is 0.669. The number of anilines is 3. The largest absolute Gasteiger partial charge is 0.456 e. The van der Waals surface area contributed by atoms with E-state index >= 15 is 0 Å². The second-order valence-electron chi connectivity index (χ2n) is 9.84. The molecule has 0 saturated carbocycles. The van der Waals surface area contributed by atoms with Crippen molar-refractivity contribution in [2.24, 2.45) is 0 Å². The van der Waals surface area contributed by atoms with Gasteiger partial charge in [-0.2, -0.15) is 0 Å². The molecule has 0 N–H and O–H groups in total. The van der Waals surface area contributed by atoms with Gasteiger partial charge >= 0.3 is 0 Å². The summed E-state index contributed by atoms with van der Waals surface area (Å²) in [6, 6.07) is 51.3. The van der Waals surface area contributed by atoms with Crippen molar-refractivity contribution in [1.29, 1.82) is 0 Å². The summed E-state index contributed by atoms with van der Waals surface area (Å²) in [5.74, 6) is 0. The molecule has 3 heteroatoms. The van der Waals surface area contributed by atoms with Gasteiger partial charge in [0.15, 0.2) is 0 Å². The minimum atomic E-state index is 0.883. The Hall–Kier alpha value is -5.28. The van der Waals surface area contributed by atoms with Gasteiger partial charge in [-0.05, 0) is 60.7 Å². The van der Waals surface area contributed by atoms with Crippen LogP contribution in [0.5, 0.6) is 0 Å². The first kappa shape index (κ1) is 21.8. The normalized spacial score (nSPS) is 11.6. The molecule has 8 rings (SSSR count). The maximum Gasteiger partial charge on any atom is 0.137 e. The molecular weight excluding hydrogens is 476 g/mol. The molecule has 0 saturated heterocycles. The number of hydrogen-bond donors (Lipinski definition) is 0. The molecule has 0 aliphatic rings. The zero-order valence-electron chi connectivity index (χ0n) is 21.2. The summed E-state index contributed by atoms with van der Waals surface area (Å²) in [7, 11) is 0. The van der Waals surface area contributed by atoms with Crippen LogP contribution in [0.25, 0.3) is 49.4 Å². The maximum atomic E-state index is 6.27. The van der Waals surface area contributed by atoms with Crippen LogP contribution in [-0.4, -0.2) is 4.57 Å². The lowest BCUT2D eigenvalue weighted by Crippen LogP contribution is -2.09. The number of para-hydroxylation sites is 4. The quantitative estimate of drug-likeness (QED) is 0.240. The summed E-state index contributed by atoms with van der Waals surface area (Å²) in [5.41, 5.74) is 8.54. The Morgan fingerprint density at radius 3 is 1.82 bits per heavy atom. The van der Waals surface area contributed by atoms with Crippen LogP contribution in [0.15, 0.2) is 150 Å². The van der Waals surface area contributed by atoms with Crippen molar-refractivity contribution >= 4 is 60.8 Å². The fourth-order valence-corrected chi connectivity index (χ4v) is 5.83. The molecule has 184 valence electrons. The van der Waals surface area contributed by atoms with Crippen LogP contribution >= 0.6 is 0 Å². The van der Waals surface area contributed by atoms with Gasteiger partial charge in [-0.15, -0.1) is 0 Å². The van der Waals surface area contributed by atoms with Crippen LogP contribution in [0.1, 0.15) is 0 Å². The van der Waals surface area contributed by atoms with Gasteiger partial charge in [-0.1, -0.05) is 78.9 Å². The molecule has 2 heterocycles. The predicted molar refractivity (Wildman–Crippen MR) is 163 cm³/mol. The molecule has 0 spiro atoms. The van der Waals surface area contributed by atoms with Gasteiger partial charge in [0, 0.05) is 50.4 Å². The summed E-state index contributed by atoms with van der Waals surface area (Å²) in [4.78, 5) is 2.30.